The van der Waals surface area contributed by atoms with Crippen molar-refractivity contribution in [2.24, 2.45) is 5.73 Å². The molecule has 2 aromatic carbocycles. The van der Waals surface area contributed by atoms with Crippen molar-refractivity contribution in [3.63, 3.8) is 0 Å². The van der Waals surface area contributed by atoms with Crippen LogP contribution in [0.25, 0.3) is 0 Å². The molecule has 2 aromatic rings. The molecule has 3 nitrogen and oxygen atoms in total. The number of piperidine rings is 1. The van der Waals surface area contributed by atoms with Gasteiger partial charge in [-0.05, 0) is 55.9 Å². The van der Waals surface area contributed by atoms with E-state index in [0.29, 0.717) is 0 Å². The molecule has 1 aliphatic heterocycles. The van der Waals surface area contributed by atoms with Gasteiger partial charge in [-0.3, -0.25) is 4.79 Å². The maximum atomic E-state index is 12.7. The van der Waals surface area contributed by atoms with Gasteiger partial charge in [0.1, 0.15) is 0 Å². The molecule has 0 aromatic heterocycles. The zero-order chi connectivity index (χ0) is 18.8. The third-order valence-electron chi connectivity index (χ3n) is 5.21. The van der Waals surface area contributed by atoms with Crippen molar-refractivity contribution in [3.8, 4) is 0 Å². The van der Waals surface area contributed by atoms with Crippen molar-refractivity contribution in [1.82, 2.24) is 4.90 Å². The highest BCUT2D eigenvalue weighted by molar-refractivity contribution is 9.08. The summed E-state index contributed by atoms with van der Waals surface area (Å²) in [6.07, 6.45) is 4.53. The van der Waals surface area contributed by atoms with Gasteiger partial charge in [-0.1, -0.05) is 83.0 Å². The molecule has 140 valence electrons. The highest BCUT2D eigenvalue weighted by Crippen LogP contribution is 2.36. The predicted octanol–water partition coefficient (Wildman–Crippen LogP) is 4.35. The molecule has 0 bridgehead atoms. The van der Waals surface area contributed by atoms with Gasteiger partial charge in [0.2, 0.25) is 5.91 Å². The number of rotatable bonds is 6. The highest BCUT2D eigenvalue weighted by Gasteiger charge is 2.40. The molecule has 0 spiro atoms. The summed E-state index contributed by atoms with van der Waals surface area (Å²) in [6.45, 7) is 3.14. The largest absolute Gasteiger partial charge is 0.369 e. The first-order valence-corrected chi connectivity index (χ1v) is 10.8. The number of halogens is 1. The molecule has 0 radical (unpaired) electrons. The van der Waals surface area contributed by atoms with Crippen LogP contribution in [0.2, 0.25) is 0 Å². The van der Waals surface area contributed by atoms with Crippen LogP contribution in [0, 0.1) is 0 Å². The van der Waals surface area contributed by atoms with Crippen molar-refractivity contribution < 1.29 is 4.79 Å². The molecule has 0 atom stereocenters. The normalized spacial score (nSPS) is 15.0. The SMILES string of the molecule is CBr.NC(=O)C(CCN1CCCCC1)(c1ccccc1)c1ccccc1. The minimum absolute atomic E-state index is 0.267. The molecule has 1 heterocycles. The number of hydrogen-bond donors (Lipinski definition) is 1. The smallest absolute Gasteiger partial charge is 0.232 e. The van der Waals surface area contributed by atoms with E-state index in [1.165, 1.54) is 19.3 Å². The lowest BCUT2D eigenvalue weighted by molar-refractivity contribution is -0.122. The van der Waals surface area contributed by atoms with Gasteiger partial charge in [0.05, 0.1) is 5.41 Å². The molecule has 3 rings (SSSR count). The molecule has 1 fully saturated rings. The first-order chi connectivity index (χ1) is 12.7. The Kier molecular flexibility index (Phi) is 8.33. The van der Waals surface area contributed by atoms with Crippen LogP contribution in [-0.2, 0) is 10.2 Å². The summed E-state index contributed by atoms with van der Waals surface area (Å²) >= 11 is 2.94. The highest BCUT2D eigenvalue weighted by atomic mass is 79.9. The molecule has 1 saturated heterocycles. The van der Waals surface area contributed by atoms with E-state index in [2.05, 4.69) is 20.8 Å². The lowest BCUT2D eigenvalue weighted by Gasteiger charge is -2.35. The second-order valence-corrected chi connectivity index (χ2v) is 6.65. The van der Waals surface area contributed by atoms with Crippen LogP contribution in [0.15, 0.2) is 60.7 Å². The van der Waals surface area contributed by atoms with Gasteiger partial charge in [-0.15, -0.1) is 0 Å². The summed E-state index contributed by atoms with van der Waals surface area (Å²) in [4.78, 5) is 15.2. The fourth-order valence-corrected chi connectivity index (χ4v) is 3.82. The first-order valence-electron chi connectivity index (χ1n) is 9.24. The van der Waals surface area contributed by atoms with Gasteiger partial charge in [0.25, 0.3) is 0 Å². The molecule has 26 heavy (non-hydrogen) atoms. The Bertz CT molecular complexity index is 615. The van der Waals surface area contributed by atoms with Crippen LogP contribution < -0.4 is 5.73 Å². The van der Waals surface area contributed by atoms with E-state index in [4.69, 9.17) is 5.73 Å². The summed E-state index contributed by atoms with van der Waals surface area (Å²) < 4.78 is 0. The van der Waals surface area contributed by atoms with Crippen LogP contribution >= 0.6 is 15.9 Å². The predicted molar refractivity (Wildman–Crippen MR) is 113 cm³/mol. The summed E-state index contributed by atoms with van der Waals surface area (Å²) in [7, 11) is 0. The first kappa shape index (κ1) is 20.7. The number of nitrogens with zero attached hydrogens (tertiary/aromatic N) is 1. The molecule has 1 aliphatic rings. The molecule has 0 unspecified atom stereocenters. The van der Waals surface area contributed by atoms with Gasteiger partial charge in [0, 0.05) is 0 Å². The Morgan fingerprint density at radius 1 is 0.923 bits per heavy atom. The van der Waals surface area contributed by atoms with E-state index in [-0.39, 0.29) is 5.91 Å². The number of likely N-dealkylation sites (tertiary alicyclic amines) is 1. The summed E-state index contributed by atoms with van der Waals surface area (Å²) in [5, 5.41) is 0. The molecule has 0 aliphatic carbocycles. The van der Waals surface area contributed by atoms with E-state index < -0.39 is 5.41 Å². The fourth-order valence-electron chi connectivity index (χ4n) is 3.82. The standard InChI is InChI=1S/C21H26N2O.CH3Br/c22-20(24)21(18-10-4-1-5-11-18,19-12-6-2-7-13-19)14-17-23-15-8-3-9-16-23;1-2/h1-2,4-7,10-13H,3,8-9,14-17H2,(H2,22,24);1H3. The molecule has 2 N–H and O–H groups in total. The Balaban J connectivity index is 0.00000117. The quantitative estimate of drug-likeness (QED) is 0.711. The van der Waals surface area contributed by atoms with Crippen LogP contribution in [0.5, 0.6) is 0 Å². The molecular weight excluding hydrogens is 388 g/mol. The summed E-state index contributed by atoms with van der Waals surface area (Å²) in [5.41, 5.74) is 7.20. The second-order valence-electron chi connectivity index (χ2n) is 6.65. The average molecular weight is 417 g/mol. The van der Waals surface area contributed by atoms with Crippen LogP contribution in [0.3, 0.4) is 0 Å². The van der Waals surface area contributed by atoms with Crippen molar-refractivity contribution in [2.45, 2.75) is 31.1 Å². The topological polar surface area (TPSA) is 46.3 Å². The van der Waals surface area contributed by atoms with E-state index in [0.717, 1.165) is 37.2 Å². The van der Waals surface area contributed by atoms with Crippen molar-refractivity contribution in [2.75, 3.05) is 25.5 Å². The van der Waals surface area contributed by atoms with Gasteiger partial charge >= 0.3 is 0 Å². The zero-order valence-electron chi connectivity index (χ0n) is 15.5. The zero-order valence-corrected chi connectivity index (χ0v) is 17.1. The van der Waals surface area contributed by atoms with Gasteiger partial charge in [0.15, 0.2) is 0 Å². The Morgan fingerprint density at radius 2 is 1.38 bits per heavy atom. The van der Waals surface area contributed by atoms with E-state index >= 15 is 0 Å². The number of amides is 1. The maximum Gasteiger partial charge on any atom is 0.232 e. The Labute approximate surface area is 165 Å². The third kappa shape index (κ3) is 4.74. The summed E-state index contributed by atoms with van der Waals surface area (Å²) in [5.74, 6) is 1.55. The molecule has 0 saturated carbocycles. The average Bonchev–Trinajstić information content (AvgIpc) is 2.72. The Hall–Kier alpha value is -1.65. The van der Waals surface area contributed by atoms with E-state index in [9.17, 15) is 4.79 Å². The van der Waals surface area contributed by atoms with Gasteiger partial charge in [-0.25, -0.2) is 0 Å². The number of hydrogen-bond acceptors (Lipinski definition) is 2. The Morgan fingerprint density at radius 3 is 1.81 bits per heavy atom. The second kappa shape index (κ2) is 10.5. The number of carbonyl (C=O) groups is 1. The number of alkyl halides is 1. The minimum Gasteiger partial charge on any atom is -0.369 e. The third-order valence-corrected chi connectivity index (χ3v) is 5.21. The number of carbonyl (C=O) groups excluding carboxylic acids is 1. The molecular formula is C22H29BrN2O. The van der Waals surface area contributed by atoms with Crippen LogP contribution in [-0.4, -0.2) is 36.3 Å². The molecule has 4 heteroatoms. The molecule has 1 amide bonds. The lowest BCUT2D eigenvalue weighted by Crippen LogP contribution is -2.45. The number of nitrogens with two attached hydrogens (primary N) is 1. The minimum atomic E-state index is -0.764. The summed E-state index contributed by atoms with van der Waals surface area (Å²) in [6, 6.07) is 20.0. The fraction of sp³-hybridized carbons (Fsp3) is 0.409. The van der Waals surface area contributed by atoms with Crippen LogP contribution in [0.1, 0.15) is 36.8 Å². The van der Waals surface area contributed by atoms with Gasteiger partial charge < -0.3 is 10.6 Å². The van der Waals surface area contributed by atoms with Gasteiger partial charge in [-0.2, -0.15) is 0 Å². The van der Waals surface area contributed by atoms with Crippen molar-refractivity contribution >= 4 is 21.8 Å². The van der Waals surface area contributed by atoms with Crippen molar-refractivity contribution in [1.29, 1.82) is 0 Å². The van der Waals surface area contributed by atoms with E-state index in [1.807, 2.05) is 66.5 Å². The number of primary amides is 1. The maximum absolute atomic E-state index is 12.7. The van der Waals surface area contributed by atoms with Crippen molar-refractivity contribution in [3.05, 3.63) is 71.8 Å². The van der Waals surface area contributed by atoms with E-state index in [1.54, 1.807) is 0 Å². The number of benzene rings is 2. The monoisotopic (exact) mass is 416 g/mol. The van der Waals surface area contributed by atoms with Crippen LogP contribution in [0.4, 0.5) is 0 Å². The lowest BCUT2D eigenvalue weighted by atomic mass is 9.71.